The molecule has 8 heteroatoms. The number of carbonyl (C=O) groups is 1. The molecule has 3 aromatic rings. The molecule has 1 aromatic heterocycles. The van der Waals surface area contributed by atoms with Crippen LogP contribution in [0.5, 0.6) is 17.2 Å². The number of ketones is 1. The zero-order valence-corrected chi connectivity index (χ0v) is 21.5. The maximum Gasteiger partial charge on any atom is 0.203 e. The molecule has 1 saturated heterocycles. The van der Waals surface area contributed by atoms with E-state index in [1.807, 2.05) is 6.07 Å². The summed E-state index contributed by atoms with van der Waals surface area (Å²) in [7, 11) is 6.84. The first kappa shape index (κ1) is 25.4. The predicted octanol–water partition coefficient (Wildman–Crippen LogP) is 3.20. The molecule has 190 valence electrons. The van der Waals surface area contributed by atoms with Crippen molar-refractivity contribution in [2.24, 2.45) is 0 Å². The number of Topliss-reactive ketones (excluding diaryl/α,β-unsaturated/α-hetero) is 1. The van der Waals surface area contributed by atoms with Gasteiger partial charge in [0.15, 0.2) is 11.5 Å². The molecule has 0 spiro atoms. The molecule has 0 amide bonds. The number of carbonyl (C=O) groups excluding carboxylic acids is 1. The first-order valence-electron chi connectivity index (χ1n) is 12.1. The van der Waals surface area contributed by atoms with Gasteiger partial charge in [0.2, 0.25) is 5.75 Å². The second-order valence-corrected chi connectivity index (χ2v) is 9.06. The third-order valence-electron chi connectivity index (χ3n) is 6.47. The summed E-state index contributed by atoms with van der Waals surface area (Å²) in [5, 5.41) is 0. The Labute approximate surface area is 212 Å². The molecule has 0 radical (unpaired) electrons. The average Bonchev–Trinajstić information content (AvgIpc) is 2.89. The lowest BCUT2D eigenvalue weighted by molar-refractivity contribution is -0.117. The molecule has 1 fully saturated rings. The van der Waals surface area contributed by atoms with E-state index < -0.39 is 0 Å². The van der Waals surface area contributed by atoms with E-state index in [-0.39, 0.29) is 18.6 Å². The zero-order chi connectivity index (χ0) is 25.5. The molecule has 2 aromatic carbocycles. The van der Waals surface area contributed by atoms with Gasteiger partial charge < -0.3 is 24.0 Å². The number of ether oxygens (including phenoxy) is 3. The molecule has 36 heavy (non-hydrogen) atoms. The van der Waals surface area contributed by atoms with Gasteiger partial charge in [-0.25, -0.2) is 9.97 Å². The molecule has 0 bridgehead atoms. The molecule has 0 unspecified atom stereocenters. The third-order valence-corrected chi connectivity index (χ3v) is 6.47. The van der Waals surface area contributed by atoms with Gasteiger partial charge in [0.25, 0.3) is 0 Å². The standard InChI is InChI=1S/C28H34N4O4/c1-31-9-11-32(12-10-31)24-7-5-20(6-8-24)13-22-17-23(30-19-29-22)18-25(33)14-21-15-26(34-2)28(36-4)27(16-21)35-3/h5-8,15-17,19H,9-14,18H2,1-4H3. The van der Waals surface area contributed by atoms with Crippen molar-refractivity contribution in [1.29, 1.82) is 0 Å². The Morgan fingerprint density at radius 1 is 0.806 bits per heavy atom. The molecule has 4 rings (SSSR count). The van der Waals surface area contributed by atoms with Crippen molar-refractivity contribution in [3.8, 4) is 17.2 Å². The largest absolute Gasteiger partial charge is 0.493 e. The summed E-state index contributed by atoms with van der Waals surface area (Å²) in [5.41, 5.74) is 4.84. The predicted molar refractivity (Wildman–Crippen MR) is 140 cm³/mol. The highest BCUT2D eigenvalue weighted by molar-refractivity contribution is 5.83. The summed E-state index contributed by atoms with van der Waals surface area (Å²) in [6, 6.07) is 14.2. The number of methoxy groups -OCH3 is 3. The monoisotopic (exact) mass is 490 g/mol. The highest BCUT2D eigenvalue weighted by atomic mass is 16.5. The fraction of sp³-hybridized carbons (Fsp3) is 0.393. The number of hydrogen-bond donors (Lipinski definition) is 0. The topological polar surface area (TPSA) is 77.0 Å². The van der Waals surface area contributed by atoms with Crippen molar-refractivity contribution >= 4 is 11.5 Å². The van der Waals surface area contributed by atoms with E-state index in [4.69, 9.17) is 14.2 Å². The van der Waals surface area contributed by atoms with Crippen molar-refractivity contribution in [2.75, 3.05) is 59.5 Å². The summed E-state index contributed by atoms with van der Waals surface area (Å²) in [4.78, 5) is 26.4. The molecule has 0 aliphatic carbocycles. The van der Waals surface area contributed by atoms with Crippen LogP contribution in [0.15, 0.2) is 48.8 Å². The van der Waals surface area contributed by atoms with Crippen molar-refractivity contribution in [2.45, 2.75) is 19.3 Å². The van der Waals surface area contributed by atoms with E-state index in [1.54, 1.807) is 33.5 Å². The quantitative estimate of drug-likeness (QED) is 0.429. The van der Waals surface area contributed by atoms with E-state index in [2.05, 4.69) is 51.1 Å². The summed E-state index contributed by atoms with van der Waals surface area (Å²) in [6.07, 6.45) is 2.70. The lowest BCUT2D eigenvalue weighted by Crippen LogP contribution is -2.44. The van der Waals surface area contributed by atoms with Gasteiger partial charge in [-0.15, -0.1) is 0 Å². The Kier molecular flexibility index (Phi) is 8.38. The van der Waals surface area contributed by atoms with Crippen LogP contribution in [0.2, 0.25) is 0 Å². The Bertz CT molecular complexity index is 1150. The normalized spacial score (nSPS) is 13.9. The summed E-state index contributed by atoms with van der Waals surface area (Å²) in [5.74, 6) is 1.61. The number of piperazine rings is 1. The minimum absolute atomic E-state index is 0.0467. The van der Waals surface area contributed by atoms with Crippen molar-refractivity contribution in [3.63, 3.8) is 0 Å². The van der Waals surface area contributed by atoms with Crippen LogP contribution < -0.4 is 19.1 Å². The first-order chi connectivity index (χ1) is 17.5. The smallest absolute Gasteiger partial charge is 0.203 e. The molecule has 0 saturated carbocycles. The van der Waals surface area contributed by atoms with Crippen LogP contribution in [-0.2, 0) is 24.1 Å². The van der Waals surface area contributed by atoms with Gasteiger partial charge in [-0.1, -0.05) is 12.1 Å². The highest BCUT2D eigenvalue weighted by Gasteiger charge is 2.16. The number of anilines is 1. The van der Waals surface area contributed by atoms with Crippen LogP contribution in [0, 0.1) is 0 Å². The number of benzene rings is 2. The molecule has 0 atom stereocenters. The molecular weight excluding hydrogens is 456 g/mol. The second-order valence-electron chi connectivity index (χ2n) is 9.06. The van der Waals surface area contributed by atoms with E-state index in [1.165, 1.54) is 17.6 Å². The summed E-state index contributed by atoms with van der Waals surface area (Å²) in [6.45, 7) is 4.28. The zero-order valence-electron chi connectivity index (χ0n) is 21.5. The maximum atomic E-state index is 12.8. The van der Waals surface area contributed by atoms with E-state index in [0.29, 0.717) is 29.4 Å². The van der Waals surface area contributed by atoms with E-state index >= 15 is 0 Å². The van der Waals surface area contributed by atoms with Gasteiger partial charge in [-0.3, -0.25) is 4.79 Å². The maximum absolute atomic E-state index is 12.8. The Morgan fingerprint density at radius 2 is 1.44 bits per heavy atom. The Morgan fingerprint density at radius 3 is 2.06 bits per heavy atom. The molecular formula is C28H34N4O4. The minimum atomic E-state index is 0.0467. The van der Waals surface area contributed by atoms with Gasteiger partial charge in [0.05, 0.1) is 27.0 Å². The third kappa shape index (κ3) is 6.31. The van der Waals surface area contributed by atoms with Crippen LogP contribution in [0.3, 0.4) is 0 Å². The Hall–Kier alpha value is -3.65. The fourth-order valence-corrected chi connectivity index (χ4v) is 4.47. The molecule has 8 nitrogen and oxygen atoms in total. The van der Waals surface area contributed by atoms with Crippen LogP contribution in [0.1, 0.15) is 22.5 Å². The molecule has 1 aliphatic rings. The van der Waals surface area contributed by atoms with E-state index in [9.17, 15) is 4.79 Å². The van der Waals surface area contributed by atoms with Crippen LogP contribution in [0.4, 0.5) is 5.69 Å². The Balaban J connectivity index is 1.38. The van der Waals surface area contributed by atoms with Gasteiger partial charge in [-0.2, -0.15) is 0 Å². The van der Waals surface area contributed by atoms with Crippen molar-refractivity contribution < 1.29 is 19.0 Å². The van der Waals surface area contributed by atoms with Gasteiger partial charge >= 0.3 is 0 Å². The number of aromatic nitrogens is 2. The number of hydrogen-bond acceptors (Lipinski definition) is 8. The molecule has 2 heterocycles. The van der Waals surface area contributed by atoms with E-state index in [0.717, 1.165) is 37.4 Å². The lowest BCUT2D eigenvalue weighted by Gasteiger charge is -2.34. The van der Waals surface area contributed by atoms with Crippen LogP contribution >= 0.6 is 0 Å². The molecule has 0 N–H and O–H groups in total. The SMILES string of the molecule is COc1cc(CC(=O)Cc2cc(Cc3ccc(N4CCN(C)CC4)cc3)ncn2)cc(OC)c1OC. The second kappa shape index (κ2) is 11.9. The highest BCUT2D eigenvalue weighted by Crippen LogP contribution is 2.38. The number of rotatable bonds is 10. The first-order valence-corrected chi connectivity index (χ1v) is 12.1. The average molecular weight is 491 g/mol. The number of nitrogens with zero attached hydrogens (tertiary/aromatic N) is 4. The molecule has 1 aliphatic heterocycles. The summed E-state index contributed by atoms with van der Waals surface area (Å²) < 4.78 is 16.2. The summed E-state index contributed by atoms with van der Waals surface area (Å²) >= 11 is 0. The van der Waals surface area contributed by atoms with Crippen LogP contribution in [0.25, 0.3) is 0 Å². The van der Waals surface area contributed by atoms with Gasteiger partial charge in [0, 0.05) is 56.8 Å². The van der Waals surface area contributed by atoms with Crippen molar-refractivity contribution in [3.05, 3.63) is 71.3 Å². The number of likely N-dealkylation sites (N-methyl/N-ethyl adjacent to an activating group) is 1. The van der Waals surface area contributed by atoms with Gasteiger partial charge in [0.1, 0.15) is 12.1 Å². The van der Waals surface area contributed by atoms with Crippen molar-refractivity contribution in [1.82, 2.24) is 14.9 Å². The minimum Gasteiger partial charge on any atom is -0.493 e. The van der Waals surface area contributed by atoms with Gasteiger partial charge in [-0.05, 0) is 48.5 Å². The fourth-order valence-electron chi connectivity index (χ4n) is 4.47. The van der Waals surface area contributed by atoms with Crippen LogP contribution in [-0.4, -0.2) is 75.2 Å². The lowest BCUT2D eigenvalue weighted by atomic mass is 10.0.